The van der Waals surface area contributed by atoms with Crippen LogP contribution in [0.1, 0.15) is 12.8 Å². The maximum absolute atomic E-state index is 13.0. The number of hydrogen-bond acceptors (Lipinski definition) is 5. The Bertz CT molecular complexity index is 930. The fourth-order valence-corrected chi connectivity index (χ4v) is 4.17. The normalized spacial score (nSPS) is 17.7. The minimum absolute atomic E-state index is 0.0173. The van der Waals surface area contributed by atoms with Gasteiger partial charge in [0, 0.05) is 44.0 Å². The number of urea groups is 1. The molecule has 2 saturated heterocycles. The molecule has 170 valence electrons. The molecule has 32 heavy (non-hydrogen) atoms. The quantitative estimate of drug-likeness (QED) is 0.459. The molecule has 2 aliphatic rings. The Hall–Kier alpha value is -3.20. The number of nitrogens with zero attached hydrogens (tertiary/aromatic N) is 4. The second-order valence-corrected chi connectivity index (χ2v) is 8.24. The van der Waals surface area contributed by atoms with Gasteiger partial charge in [0.1, 0.15) is 11.6 Å². The lowest BCUT2D eigenvalue weighted by molar-refractivity contribution is -0.384. The molecule has 2 amide bonds. The van der Waals surface area contributed by atoms with Crippen LogP contribution in [-0.2, 0) is 0 Å². The van der Waals surface area contributed by atoms with Crippen LogP contribution < -0.4 is 9.64 Å². The number of anilines is 1. The Morgan fingerprint density at radius 3 is 2.31 bits per heavy atom. The van der Waals surface area contributed by atoms with E-state index in [9.17, 15) is 19.3 Å². The molecule has 2 heterocycles. The summed E-state index contributed by atoms with van der Waals surface area (Å²) in [6, 6.07) is 12.2. The largest absolute Gasteiger partial charge is 0.493 e. The SMILES string of the molecule is O=C1N(CCN2CCC(COc3ccc(F)cc3)CC2)CCN1c1ccc([N+](=O)[O-])cc1. The van der Waals surface area contributed by atoms with Crippen LogP contribution in [0.3, 0.4) is 0 Å². The molecule has 0 unspecified atom stereocenters. The molecule has 0 N–H and O–H groups in total. The van der Waals surface area contributed by atoms with Crippen LogP contribution in [0, 0.1) is 21.8 Å². The summed E-state index contributed by atoms with van der Waals surface area (Å²) in [4.78, 5) is 29.0. The van der Waals surface area contributed by atoms with E-state index in [0.29, 0.717) is 43.6 Å². The molecule has 0 spiro atoms. The summed E-state index contributed by atoms with van der Waals surface area (Å²) in [5.41, 5.74) is 0.703. The van der Waals surface area contributed by atoms with E-state index in [1.165, 1.54) is 24.3 Å². The number of nitro groups is 1. The van der Waals surface area contributed by atoms with E-state index < -0.39 is 4.92 Å². The van der Waals surface area contributed by atoms with Crippen molar-refractivity contribution >= 4 is 17.4 Å². The summed E-state index contributed by atoms with van der Waals surface area (Å²) >= 11 is 0. The molecule has 2 fully saturated rings. The standard InChI is InChI=1S/C23H27FN4O4/c24-19-1-7-22(8-2-19)32-17-18-9-11-25(12-10-18)13-14-26-15-16-27(23(26)29)20-3-5-21(6-4-20)28(30)31/h1-8,18H,9-17H2. The number of amides is 2. The topological polar surface area (TPSA) is 79.2 Å². The van der Waals surface area contributed by atoms with Gasteiger partial charge in [0.05, 0.1) is 11.5 Å². The van der Waals surface area contributed by atoms with Gasteiger partial charge in [-0.1, -0.05) is 0 Å². The summed E-state index contributed by atoms with van der Waals surface area (Å²) in [6.07, 6.45) is 2.06. The van der Waals surface area contributed by atoms with E-state index in [1.54, 1.807) is 29.2 Å². The first-order valence-electron chi connectivity index (χ1n) is 10.9. The highest BCUT2D eigenvalue weighted by Crippen LogP contribution is 2.24. The molecule has 2 aliphatic heterocycles. The number of benzene rings is 2. The minimum Gasteiger partial charge on any atom is -0.493 e. The van der Waals surface area contributed by atoms with Crippen LogP contribution in [-0.4, -0.2) is 66.6 Å². The van der Waals surface area contributed by atoms with Gasteiger partial charge in [0.15, 0.2) is 0 Å². The zero-order valence-corrected chi connectivity index (χ0v) is 17.9. The molecule has 4 rings (SSSR count). The Morgan fingerprint density at radius 1 is 0.969 bits per heavy atom. The molecule has 0 bridgehead atoms. The maximum Gasteiger partial charge on any atom is 0.324 e. The van der Waals surface area contributed by atoms with Gasteiger partial charge in [-0.2, -0.15) is 0 Å². The number of hydrogen-bond donors (Lipinski definition) is 0. The van der Waals surface area contributed by atoms with Gasteiger partial charge in [-0.05, 0) is 68.2 Å². The number of ether oxygens (including phenoxy) is 1. The van der Waals surface area contributed by atoms with Crippen LogP contribution in [0.5, 0.6) is 5.75 Å². The van der Waals surface area contributed by atoms with Gasteiger partial charge >= 0.3 is 6.03 Å². The number of carbonyl (C=O) groups excluding carboxylic acids is 1. The van der Waals surface area contributed by atoms with Crippen molar-refractivity contribution in [3.05, 3.63) is 64.5 Å². The third kappa shape index (κ3) is 5.34. The van der Waals surface area contributed by atoms with Crippen LogP contribution in [0.2, 0.25) is 0 Å². The molecule has 2 aromatic carbocycles. The van der Waals surface area contributed by atoms with Crippen molar-refractivity contribution in [3.63, 3.8) is 0 Å². The highest BCUT2D eigenvalue weighted by molar-refractivity contribution is 5.94. The van der Waals surface area contributed by atoms with Crippen molar-refractivity contribution in [2.75, 3.05) is 50.8 Å². The molecule has 9 heteroatoms. The Kier molecular flexibility index (Phi) is 6.84. The first kappa shape index (κ1) is 22.0. The van der Waals surface area contributed by atoms with Gasteiger partial charge < -0.3 is 14.5 Å². The summed E-state index contributed by atoms with van der Waals surface area (Å²) in [6.45, 7) is 5.28. The molecular weight excluding hydrogens is 415 g/mol. The first-order valence-corrected chi connectivity index (χ1v) is 10.9. The molecule has 0 atom stereocenters. The van der Waals surface area contributed by atoms with Crippen molar-refractivity contribution in [1.29, 1.82) is 0 Å². The van der Waals surface area contributed by atoms with Crippen molar-refractivity contribution in [2.24, 2.45) is 5.92 Å². The fraction of sp³-hybridized carbons (Fsp3) is 0.435. The summed E-state index contributed by atoms with van der Waals surface area (Å²) in [5, 5.41) is 10.8. The van der Waals surface area contributed by atoms with Crippen molar-refractivity contribution < 1.29 is 18.8 Å². The number of rotatable bonds is 8. The zero-order valence-electron chi connectivity index (χ0n) is 17.9. The first-order chi connectivity index (χ1) is 15.5. The van der Waals surface area contributed by atoms with Gasteiger partial charge in [-0.15, -0.1) is 0 Å². The van der Waals surface area contributed by atoms with Gasteiger partial charge in [0.25, 0.3) is 5.69 Å². The number of likely N-dealkylation sites (tertiary alicyclic amines) is 1. The summed E-state index contributed by atoms with van der Waals surface area (Å²) in [7, 11) is 0. The lowest BCUT2D eigenvalue weighted by Crippen LogP contribution is -2.41. The van der Waals surface area contributed by atoms with Gasteiger partial charge in [-0.3, -0.25) is 15.0 Å². The van der Waals surface area contributed by atoms with E-state index in [-0.39, 0.29) is 17.5 Å². The van der Waals surface area contributed by atoms with Crippen LogP contribution in [0.15, 0.2) is 48.5 Å². The number of non-ortho nitro benzene ring substituents is 1. The molecule has 8 nitrogen and oxygen atoms in total. The van der Waals surface area contributed by atoms with Gasteiger partial charge in [0.2, 0.25) is 0 Å². The average molecular weight is 442 g/mol. The second kappa shape index (κ2) is 9.95. The van der Waals surface area contributed by atoms with Crippen molar-refractivity contribution in [2.45, 2.75) is 12.8 Å². The lowest BCUT2D eigenvalue weighted by Gasteiger charge is -2.32. The maximum atomic E-state index is 13.0. The van der Waals surface area contributed by atoms with Crippen LogP contribution in [0.25, 0.3) is 0 Å². The van der Waals surface area contributed by atoms with Crippen molar-refractivity contribution in [1.82, 2.24) is 9.80 Å². The number of halogens is 1. The van der Waals surface area contributed by atoms with Crippen LogP contribution >= 0.6 is 0 Å². The molecular formula is C23H27FN4O4. The molecule has 2 aromatic rings. The average Bonchev–Trinajstić information content (AvgIpc) is 3.18. The highest BCUT2D eigenvalue weighted by atomic mass is 19.1. The smallest absolute Gasteiger partial charge is 0.324 e. The predicted octanol–water partition coefficient (Wildman–Crippen LogP) is 3.77. The fourth-order valence-electron chi connectivity index (χ4n) is 4.17. The van der Waals surface area contributed by atoms with E-state index in [0.717, 1.165) is 32.5 Å². The number of carbonyl (C=O) groups is 1. The second-order valence-electron chi connectivity index (χ2n) is 8.24. The van der Waals surface area contributed by atoms with Crippen LogP contribution in [0.4, 0.5) is 20.6 Å². The van der Waals surface area contributed by atoms with E-state index >= 15 is 0 Å². The third-order valence-corrected chi connectivity index (χ3v) is 6.16. The lowest BCUT2D eigenvalue weighted by atomic mass is 9.98. The van der Waals surface area contributed by atoms with Gasteiger partial charge in [-0.25, -0.2) is 9.18 Å². The highest BCUT2D eigenvalue weighted by Gasteiger charge is 2.30. The molecule has 0 saturated carbocycles. The van der Waals surface area contributed by atoms with E-state index in [4.69, 9.17) is 4.74 Å². The number of nitro benzene ring substituents is 1. The number of piperidine rings is 1. The molecule has 0 radical (unpaired) electrons. The van der Waals surface area contributed by atoms with E-state index in [2.05, 4.69) is 4.90 Å². The van der Waals surface area contributed by atoms with E-state index in [1.807, 2.05) is 4.90 Å². The summed E-state index contributed by atoms with van der Waals surface area (Å²) < 4.78 is 18.8. The zero-order chi connectivity index (χ0) is 22.5. The van der Waals surface area contributed by atoms with Crippen molar-refractivity contribution in [3.8, 4) is 5.75 Å². The minimum atomic E-state index is -0.444. The summed E-state index contributed by atoms with van der Waals surface area (Å²) in [5.74, 6) is 0.902. The third-order valence-electron chi connectivity index (χ3n) is 6.16. The Labute approximate surface area is 186 Å². The Morgan fingerprint density at radius 2 is 1.66 bits per heavy atom. The predicted molar refractivity (Wildman–Crippen MR) is 118 cm³/mol. The Balaban J connectivity index is 1.18. The monoisotopic (exact) mass is 442 g/mol. The molecule has 0 aliphatic carbocycles. The molecule has 0 aromatic heterocycles.